The van der Waals surface area contributed by atoms with Crippen molar-refractivity contribution < 1.29 is 0 Å². The van der Waals surface area contributed by atoms with E-state index in [4.69, 9.17) is 5.73 Å². The molecule has 1 atom stereocenters. The van der Waals surface area contributed by atoms with Crippen LogP contribution in [-0.2, 0) is 0 Å². The van der Waals surface area contributed by atoms with Gasteiger partial charge in [0.05, 0.1) is 5.69 Å². The minimum Gasteiger partial charge on any atom is -0.382 e. The number of nitrogen functional groups attached to an aromatic ring is 1. The summed E-state index contributed by atoms with van der Waals surface area (Å²) < 4.78 is 0. The van der Waals surface area contributed by atoms with E-state index in [0.29, 0.717) is 5.82 Å². The van der Waals surface area contributed by atoms with Gasteiger partial charge in [0.25, 0.3) is 0 Å². The smallest absolute Gasteiger partial charge is 0.145 e. The first-order chi connectivity index (χ1) is 9.79. The summed E-state index contributed by atoms with van der Waals surface area (Å²) in [6, 6.07) is 10.8. The molecule has 5 rings (SSSR count). The van der Waals surface area contributed by atoms with E-state index in [2.05, 4.69) is 39.4 Å². The number of anilines is 1. The fraction of sp³-hybridized carbons (Fsp3) is 0.438. The zero-order chi connectivity index (χ0) is 13.5. The van der Waals surface area contributed by atoms with Crippen molar-refractivity contribution in [2.75, 3.05) is 25.4 Å². The zero-order valence-electron chi connectivity index (χ0n) is 11.5. The van der Waals surface area contributed by atoms with Gasteiger partial charge >= 0.3 is 0 Å². The highest BCUT2D eigenvalue weighted by atomic mass is 15.2. The molecule has 0 aliphatic carbocycles. The molecule has 1 aromatic heterocycles. The molecule has 3 aliphatic rings. The molecule has 0 saturated carbocycles. The second kappa shape index (κ2) is 4.63. The van der Waals surface area contributed by atoms with Crippen LogP contribution in [0.5, 0.6) is 0 Å². The lowest BCUT2D eigenvalue weighted by Crippen LogP contribution is -2.46. The van der Waals surface area contributed by atoms with E-state index in [-0.39, 0.29) is 0 Å². The molecule has 3 fully saturated rings. The molecule has 0 amide bonds. The fourth-order valence-corrected chi connectivity index (χ4v) is 3.74. The van der Waals surface area contributed by atoms with Gasteiger partial charge in [0.1, 0.15) is 5.82 Å². The fourth-order valence-electron chi connectivity index (χ4n) is 3.74. The van der Waals surface area contributed by atoms with Gasteiger partial charge in [-0.25, -0.2) is 0 Å². The molecule has 0 radical (unpaired) electrons. The van der Waals surface area contributed by atoms with E-state index in [1.54, 1.807) is 0 Å². The molecular weight excluding hydrogens is 248 g/mol. The molecular formula is C16H20N4. The van der Waals surface area contributed by atoms with Crippen molar-refractivity contribution in [3.8, 4) is 11.3 Å². The number of benzene rings is 1. The quantitative estimate of drug-likeness (QED) is 0.879. The molecule has 2 aromatic rings. The van der Waals surface area contributed by atoms with Crippen LogP contribution < -0.4 is 5.73 Å². The number of fused-ring (bicyclic) bond motifs is 3. The molecule has 1 unspecified atom stereocenters. The average molecular weight is 268 g/mol. The third-order valence-corrected chi connectivity index (χ3v) is 4.90. The second-order valence-corrected chi connectivity index (χ2v) is 6.07. The highest BCUT2D eigenvalue weighted by Crippen LogP contribution is 2.39. The summed E-state index contributed by atoms with van der Waals surface area (Å²) in [4.78, 5) is 2.61. The Morgan fingerprint density at radius 3 is 2.45 bits per heavy atom. The second-order valence-electron chi connectivity index (χ2n) is 6.07. The topological polar surface area (TPSA) is 57.9 Å². The van der Waals surface area contributed by atoms with Crippen LogP contribution in [0.3, 0.4) is 0 Å². The van der Waals surface area contributed by atoms with E-state index in [1.807, 2.05) is 6.07 Å². The molecule has 3 aliphatic heterocycles. The number of nitrogens with one attached hydrogen (secondary N) is 1. The summed E-state index contributed by atoms with van der Waals surface area (Å²) in [5.74, 6) is 2.15. The molecule has 3 saturated heterocycles. The van der Waals surface area contributed by atoms with E-state index in [9.17, 15) is 0 Å². The van der Waals surface area contributed by atoms with Crippen LogP contribution in [0.15, 0.2) is 30.3 Å². The van der Waals surface area contributed by atoms with Gasteiger partial charge in [0.15, 0.2) is 0 Å². The maximum atomic E-state index is 5.66. The van der Waals surface area contributed by atoms with Gasteiger partial charge in [-0.15, -0.1) is 0 Å². The van der Waals surface area contributed by atoms with Crippen LogP contribution in [0.2, 0.25) is 0 Å². The van der Waals surface area contributed by atoms with Gasteiger partial charge < -0.3 is 10.6 Å². The molecule has 3 N–H and O–H groups in total. The normalized spacial score (nSPS) is 28.7. The third-order valence-electron chi connectivity index (χ3n) is 4.90. The first kappa shape index (κ1) is 12.0. The lowest BCUT2D eigenvalue weighted by Gasteiger charge is -2.45. The van der Waals surface area contributed by atoms with Crippen LogP contribution in [0, 0.1) is 5.92 Å². The number of rotatable bonds is 2. The number of nitrogens with zero attached hydrogens (tertiary/aromatic N) is 2. The summed E-state index contributed by atoms with van der Waals surface area (Å²) in [7, 11) is 0. The Balaban J connectivity index is 1.58. The summed E-state index contributed by atoms with van der Waals surface area (Å²) >= 11 is 0. The number of aromatic amines is 1. The van der Waals surface area contributed by atoms with Crippen LogP contribution >= 0.6 is 0 Å². The molecule has 0 spiro atoms. The highest BCUT2D eigenvalue weighted by Gasteiger charge is 2.34. The van der Waals surface area contributed by atoms with Crippen LogP contribution in [0.1, 0.15) is 24.3 Å². The molecule has 20 heavy (non-hydrogen) atoms. The lowest BCUT2D eigenvalue weighted by atomic mass is 9.75. The Hall–Kier alpha value is -1.81. The van der Waals surface area contributed by atoms with E-state index < -0.39 is 0 Å². The van der Waals surface area contributed by atoms with Crippen molar-refractivity contribution in [3.05, 3.63) is 35.9 Å². The van der Waals surface area contributed by atoms with Crippen LogP contribution in [0.25, 0.3) is 11.3 Å². The molecule has 1 aromatic carbocycles. The highest BCUT2D eigenvalue weighted by molar-refractivity contribution is 5.62. The summed E-state index contributed by atoms with van der Waals surface area (Å²) in [5, 5.41) is 6.95. The van der Waals surface area contributed by atoms with Gasteiger partial charge in [-0.2, -0.15) is 5.10 Å². The molecule has 2 bridgehead atoms. The molecule has 4 heteroatoms. The Labute approximate surface area is 119 Å². The first-order valence-electron chi connectivity index (χ1n) is 7.43. The largest absolute Gasteiger partial charge is 0.382 e. The van der Waals surface area contributed by atoms with Crippen molar-refractivity contribution >= 4 is 5.82 Å². The number of piperidine rings is 3. The molecule has 4 nitrogen and oxygen atoms in total. The summed E-state index contributed by atoms with van der Waals surface area (Å²) in [5.41, 5.74) is 9.28. The minimum atomic E-state index is 0.543. The number of hydrogen-bond donors (Lipinski definition) is 2. The van der Waals surface area contributed by atoms with Gasteiger partial charge in [0.2, 0.25) is 0 Å². The first-order valence-corrected chi connectivity index (χ1v) is 7.43. The third kappa shape index (κ3) is 2.00. The van der Waals surface area contributed by atoms with Gasteiger partial charge in [0, 0.05) is 12.6 Å². The van der Waals surface area contributed by atoms with Crippen molar-refractivity contribution in [3.63, 3.8) is 0 Å². The maximum Gasteiger partial charge on any atom is 0.145 e. The number of hydrogen-bond acceptors (Lipinski definition) is 3. The van der Waals surface area contributed by atoms with Gasteiger partial charge in [-0.1, -0.05) is 24.3 Å². The van der Waals surface area contributed by atoms with E-state index in [1.165, 1.54) is 38.0 Å². The standard InChI is InChI=1S/C16H20N4/c17-16-9-15(18-19-16)13-3-1-11(2-4-13)14-10-20-7-5-12(14)6-8-20/h1-4,9,12,14H,5-8,10H2,(H3,17,18,19). The number of H-pyrrole nitrogens is 1. The predicted molar refractivity (Wildman–Crippen MR) is 80.3 cm³/mol. The molecule has 104 valence electrons. The van der Waals surface area contributed by atoms with Crippen molar-refractivity contribution in [2.45, 2.75) is 18.8 Å². The minimum absolute atomic E-state index is 0.543. The lowest BCUT2D eigenvalue weighted by molar-refractivity contribution is 0.0871. The zero-order valence-corrected chi connectivity index (χ0v) is 11.5. The monoisotopic (exact) mass is 268 g/mol. The maximum absolute atomic E-state index is 5.66. The number of aromatic nitrogens is 2. The average Bonchev–Trinajstić information content (AvgIpc) is 2.95. The van der Waals surface area contributed by atoms with Crippen LogP contribution in [0.4, 0.5) is 5.82 Å². The van der Waals surface area contributed by atoms with Crippen molar-refractivity contribution in [1.29, 1.82) is 0 Å². The van der Waals surface area contributed by atoms with Gasteiger partial charge in [-0.05, 0) is 48.9 Å². The van der Waals surface area contributed by atoms with Crippen molar-refractivity contribution in [2.24, 2.45) is 5.92 Å². The molecule has 4 heterocycles. The van der Waals surface area contributed by atoms with E-state index >= 15 is 0 Å². The summed E-state index contributed by atoms with van der Waals surface area (Å²) in [6.07, 6.45) is 2.73. The number of nitrogens with two attached hydrogens (primary N) is 1. The predicted octanol–water partition coefficient (Wildman–Crippen LogP) is 2.47. The Morgan fingerprint density at radius 2 is 1.90 bits per heavy atom. The van der Waals surface area contributed by atoms with Crippen molar-refractivity contribution in [1.82, 2.24) is 15.1 Å². The Bertz CT molecular complexity index is 593. The Morgan fingerprint density at radius 1 is 1.15 bits per heavy atom. The Kier molecular flexibility index (Phi) is 2.77. The SMILES string of the molecule is Nc1cc(-c2ccc(C3CN4CCC3CC4)cc2)[nH]n1. The summed E-state index contributed by atoms with van der Waals surface area (Å²) in [6.45, 7) is 3.83. The van der Waals surface area contributed by atoms with Crippen LogP contribution in [-0.4, -0.2) is 34.7 Å². The van der Waals surface area contributed by atoms with Gasteiger partial charge in [-0.3, -0.25) is 5.10 Å². The van der Waals surface area contributed by atoms with E-state index in [0.717, 1.165) is 23.1 Å².